The van der Waals surface area contributed by atoms with Crippen LogP contribution in [0.25, 0.3) is 0 Å². The number of ether oxygens (including phenoxy) is 1. The molecular formula is C35H49NO2. The van der Waals surface area contributed by atoms with E-state index < -0.39 is 5.97 Å². The number of hydrogen-bond acceptors (Lipinski definition) is 3. The topological polar surface area (TPSA) is 50.1 Å². The Balaban J connectivity index is 1.48. The number of benzene rings is 2. The van der Waals surface area contributed by atoms with Crippen LogP contribution in [0.2, 0.25) is 0 Å². The largest absolute Gasteiger partial charge is 0.422 e. The lowest BCUT2D eigenvalue weighted by Gasteiger charge is -2.32. The summed E-state index contributed by atoms with van der Waals surface area (Å²) >= 11 is 0. The number of aryl methyl sites for hydroxylation is 1. The third kappa shape index (κ3) is 9.30. The Bertz CT molecular complexity index is 1010. The molecule has 0 aliphatic heterocycles. The van der Waals surface area contributed by atoms with Gasteiger partial charge in [0.25, 0.3) is 0 Å². The first-order valence-electron chi connectivity index (χ1n) is 15.4. The smallest absolute Gasteiger partial charge is 0.343 e. The monoisotopic (exact) mass is 515 g/mol. The predicted molar refractivity (Wildman–Crippen MR) is 158 cm³/mol. The van der Waals surface area contributed by atoms with Crippen LogP contribution in [0.3, 0.4) is 0 Å². The van der Waals surface area contributed by atoms with Crippen molar-refractivity contribution < 1.29 is 9.53 Å². The molecule has 0 N–H and O–H groups in total. The highest BCUT2D eigenvalue weighted by Crippen LogP contribution is 2.40. The highest BCUT2D eigenvalue weighted by atomic mass is 16.5. The number of nitriles is 1. The molecule has 1 atom stereocenters. The van der Waals surface area contributed by atoms with Gasteiger partial charge in [-0.2, -0.15) is 5.26 Å². The van der Waals surface area contributed by atoms with E-state index in [1.54, 1.807) is 6.07 Å². The Morgan fingerprint density at radius 1 is 0.895 bits per heavy atom. The Morgan fingerprint density at radius 3 is 2.21 bits per heavy atom. The minimum Gasteiger partial charge on any atom is -0.422 e. The van der Waals surface area contributed by atoms with E-state index in [0.717, 1.165) is 30.2 Å². The van der Waals surface area contributed by atoms with Crippen molar-refractivity contribution in [2.24, 2.45) is 11.8 Å². The van der Waals surface area contributed by atoms with Crippen LogP contribution in [-0.2, 0) is 6.42 Å². The van der Waals surface area contributed by atoms with E-state index in [0.29, 0.717) is 22.8 Å². The van der Waals surface area contributed by atoms with E-state index in [1.165, 1.54) is 89.0 Å². The van der Waals surface area contributed by atoms with Crippen molar-refractivity contribution in [2.45, 2.75) is 123 Å². The van der Waals surface area contributed by atoms with Gasteiger partial charge in [-0.15, -0.1) is 0 Å². The normalized spacial score (nSPS) is 18.1. The minimum absolute atomic E-state index is 0.348. The SMILES string of the molecule is CCCCCCCCCc1ccc(OC(=O)c2ccc(C3CCC(C(C)CCCC)CC3)cc2)c(C#N)c1. The molecule has 206 valence electrons. The second-order valence-electron chi connectivity index (χ2n) is 11.6. The van der Waals surface area contributed by atoms with Gasteiger partial charge in [0.05, 0.1) is 11.1 Å². The van der Waals surface area contributed by atoms with Gasteiger partial charge in [0, 0.05) is 0 Å². The van der Waals surface area contributed by atoms with Crippen molar-refractivity contribution in [1.82, 2.24) is 0 Å². The van der Waals surface area contributed by atoms with E-state index >= 15 is 0 Å². The highest BCUT2D eigenvalue weighted by molar-refractivity contribution is 5.91. The predicted octanol–water partition coefficient (Wildman–Crippen LogP) is 10.2. The van der Waals surface area contributed by atoms with Gasteiger partial charge < -0.3 is 4.74 Å². The molecule has 0 heterocycles. The van der Waals surface area contributed by atoms with E-state index in [4.69, 9.17) is 4.74 Å². The number of nitrogens with zero attached hydrogens (tertiary/aromatic N) is 1. The zero-order valence-electron chi connectivity index (χ0n) is 24.1. The van der Waals surface area contributed by atoms with E-state index in [-0.39, 0.29) is 0 Å². The molecule has 2 aromatic rings. The molecular weight excluding hydrogens is 466 g/mol. The molecule has 0 radical (unpaired) electrons. The van der Waals surface area contributed by atoms with Crippen molar-refractivity contribution in [3.8, 4) is 11.8 Å². The molecule has 1 aliphatic rings. The van der Waals surface area contributed by atoms with Crippen molar-refractivity contribution in [3.63, 3.8) is 0 Å². The molecule has 0 saturated heterocycles. The maximum Gasteiger partial charge on any atom is 0.343 e. The van der Waals surface area contributed by atoms with Crippen LogP contribution in [0, 0.1) is 23.2 Å². The molecule has 38 heavy (non-hydrogen) atoms. The second kappa shape index (κ2) is 16.4. The molecule has 1 fully saturated rings. The molecule has 0 bridgehead atoms. The summed E-state index contributed by atoms with van der Waals surface area (Å²) < 4.78 is 5.65. The molecule has 1 aliphatic carbocycles. The Labute approximate surface area is 232 Å². The first-order valence-corrected chi connectivity index (χ1v) is 15.4. The molecule has 2 aromatic carbocycles. The summed E-state index contributed by atoms with van der Waals surface area (Å²) in [7, 11) is 0. The Hall–Kier alpha value is -2.60. The van der Waals surface area contributed by atoms with E-state index in [1.807, 2.05) is 24.3 Å². The van der Waals surface area contributed by atoms with Crippen molar-refractivity contribution in [1.29, 1.82) is 5.26 Å². The first kappa shape index (κ1) is 29.9. The van der Waals surface area contributed by atoms with Gasteiger partial charge in [0.2, 0.25) is 0 Å². The Morgan fingerprint density at radius 2 is 1.55 bits per heavy atom. The molecule has 0 spiro atoms. The van der Waals surface area contributed by atoms with Gasteiger partial charge in [0.15, 0.2) is 0 Å². The maximum atomic E-state index is 12.8. The molecule has 3 nitrogen and oxygen atoms in total. The number of rotatable bonds is 15. The van der Waals surface area contributed by atoms with E-state index in [2.05, 4.69) is 39.0 Å². The number of unbranched alkanes of at least 4 members (excludes halogenated alkanes) is 7. The number of hydrogen-bond donors (Lipinski definition) is 0. The van der Waals surface area contributed by atoms with Gasteiger partial charge >= 0.3 is 5.97 Å². The Kier molecular flexibility index (Phi) is 12.9. The summed E-state index contributed by atoms with van der Waals surface area (Å²) in [5.41, 5.74) is 3.43. The summed E-state index contributed by atoms with van der Waals surface area (Å²) in [6, 6.07) is 15.8. The summed E-state index contributed by atoms with van der Waals surface area (Å²) in [6.07, 6.45) is 18.9. The zero-order chi connectivity index (χ0) is 27.2. The van der Waals surface area contributed by atoms with Crippen LogP contribution in [0.15, 0.2) is 42.5 Å². The van der Waals surface area contributed by atoms with Gasteiger partial charge in [-0.25, -0.2) is 4.79 Å². The zero-order valence-corrected chi connectivity index (χ0v) is 24.1. The summed E-state index contributed by atoms with van der Waals surface area (Å²) in [4.78, 5) is 12.8. The fourth-order valence-corrected chi connectivity index (χ4v) is 6.03. The number of carbonyl (C=O) groups excluding carboxylic acids is 1. The van der Waals surface area contributed by atoms with Crippen molar-refractivity contribution >= 4 is 5.97 Å². The quantitative estimate of drug-likeness (QED) is 0.135. The van der Waals surface area contributed by atoms with Gasteiger partial charge in [-0.1, -0.05) is 96.8 Å². The standard InChI is InChI=1S/C35H49NO2/c1-4-6-8-9-10-11-12-14-28-15-24-34(33(25-28)26-36)38-35(37)32-22-20-31(21-23-32)30-18-16-29(17-19-30)27(3)13-7-5-2/h15,20-25,27,29-30H,4-14,16-19H2,1-3H3. The molecule has 1 unspecified atom stereocenters. The van der Waals surface area contributed by atoms with Crippen molar-refractivity contribution in [2.75, 3.05) is 0 Å². The van der Waals surface area contributed by atoms with Crippen LogP contribution in [0.1, 0.15) is 144 Å². The van der Waals surface area contributed by atoms with Crippen LogP contribution >= 0.6 is 0 Å². The fraction of sp³-hybridized carbons (Fsp3) is 0.600. The van der Waals surface area contributed by atoms with Crippen LogP contribution in [0.4, 0.5) is 0 Å². The van der Waals surface area contributed by atoms with Gasteiger partial charge in [-0.3, -0.25) is 0 Å². The average Bonchev–Trinajstić information content (AvgIpc) is 2.96. The van der Waals surface area contributed by atoms with E-state index in [9.17, 15) is 10.1 Å². The summed E-state index contributed by atoms with van der Waals surface area (Å²) in [5.74, 6) is 2.23. The maximum absolute atomic E-state index is 12.8. The van der Waals surface area contributed by atoms with Gasteiger partial charge in [0.1, 0.15) is 11.8 Å². The summed E-state index contributed by atoms with van der Waals surface area (Å²) in [6.45, 7) is 6.95. The third-order valence-electron chi connectivity index (χ3n) is 8.64. The lowest BCUT2D eigenvalue weighted by molar-refractivity contribution is 0.0734. The van der Waals surface area contributed by atoms with Crippen LogP contribution < -0.4 is 4.74 Å². The summed E-state index contributed by atoms with van der Waals surface area (Å²) in [5, 5.41) is 9.65. The fourth-order valence-electron chi connectivity index (χ4n) is 6.03. The van der Waals surface area contributed by atoms with Gasteiger partial charge in [-0.05, 0) is 91.7 Å². The average molecular weight is 516 g/mol. The molecule has 1 saturated carbocycles. The second-order valence-corrected chi connectivity index (χ2v) is 11.6. The molecule has 0 aromatic heterocycles. The number of carbonyl (C=O) groups is 1. The first-order chi connectivity index (χ1) is 18.5. The molecule has 3 heteroatoms. The molecule has 3 rings (SSSR count). The number of esters is 1. The third-order valence-corrected chi connectivity index (χ3v) is 8.64. The highest BCUT2D eigenvalue weighted by Gasteiger charge is 2.26. The van der Waals surface area contributed by atoms with Crippen LogP contribution in [-0.4, -0.2) is 5.97 Å². The van der Waals surface area contributed by atoms with Crippen molar-refractivity contribution in [3.05, 3.63) is 64.7 Å². The lowest BCUT2D eigenvalue weighted by atomic mass is 9.73. The lowest BCUT2D eigenvalue weighted by Crippen LogP contribution is -2.19. The van der Waals surface area contributed by atoms with Crippen LogP contribution in [0.5, 0.6) is 5.75 Å². The molecule has 0 amide bonds. The minimum atomic E-state index is -0.402.